The van der Waals surface area contributed by atoms with Gasteiger partial charge in [-0.15, -0.1) is 0 Å². The zero-order valence-electron chi connectivity index (χ0n) is 15.8. The van der Waals surface area contributed by atoms with Crippen LogP contribution in [0.4, 0.5) is 0 Å². The van der Waals surface area contributed by atoms with Crippen LogP contribution >= 0.6 is 57.4 Å². The molecule has 8 heteroatoms. The third kappa shape index (κ3) is 6.11. The van der Waals surface area contributed by atoms with Gasteiger partial charge in [-0.3, -0.25) is 4.79 Å². The first kappa shape index (κ1) is 22.9. The van der Waals surface area contributed by atoms with Gasteiger partial charge in [0.05, 0.1) is 20.4 Å². The minimum Gasteiger partial charge on any atom is -0.488 e. The molecule has 3 aromatic carbocycles. The van der Waals surface area contributed by atoms with Crippen molar-refractivity contribution in [1.29, 1.82) is 0 Å². The maximum Gasteiger partial charge on any atom is 0.272 e. The smallest absolute Gasteiger partial charge is 0.272 e. The number of carbonyl (C=O) groups excluding carboxylic acids is 1. The Hall–Kier alpha value is -1.80. The minimum atomic E-state index is -0.370. The monoisotopic (exact) mass is 572 g/mol. The third-order valence-corrected chi connectivity index (χ3v) is 5.85. The number of benzene rings is 3. The summed E-state index contributed by atoms with van der Waals surface area (Å²) in [5.41, 5.74) is 5.50. The van der Waals surface area contributed by atoms with E-state index in [4.69, 9.17) is 39.5 Å². The van der Waals surface area contributed by atoms with E-state index in [0.29, 0.717) is 33.0 Å². The van der Waals surface area contributed by atoms with E-state index < -0.39 is 0 Å². The lowest BCUT2D eigenvalue weighted by molar-refractivity contribution is 0.0955. The Kier molecular flexibility index (Phi) is 7.99. The number of aryl methyl sites for hydroxylation is 1. The fraction of sp³-hybridized carbons (Fsp3) is 0.0909. The summed E-state index contributed by atoms with van der Waals surface area (Å²) >= 11 is 20.4. The van der Waals surface area contributed by atoms with Crippen molar-refractivity contribution in [2.45, 2.75) is 13.5 Å². The second kappa shape index (κ2) is 10.5. The summed E-state index contributed by atoms with van der Waals surface area (Å²) in [6, 6.07) is 16.1. The largest absolute Gasteiger partial charge is 0.488 e. The molecule has 0 spiro atoms. The molecular weight excluding hydrogens is 558 g/mol. The van der Waals surface area contributed by atoms with E-state index in [2.05, 4.69) is 33.1 Å². The first-order valence-electron chi connectivity index (χ1n) is 8.79. The molecule has 154 valence electrons. The molecule has 0 heterocycles. The van der Waals surface area contributed by atoms with Crippen molar-refractivity contribution in [3.8, 4) is 5.75 Å². The number of amides is 1. The molecule has 0 atom stereocenters. The molecule has 0 aromatic heterocycles. The van der Waals surface area contributed by atoms with E-state index in [-0.39, 0.29) is 5.91 Å². The summed E-state index contributed by atoms with van der Waals surface area (Å²) in [7, 11) is 0. The summed E-state index contributed by atoms with van der Waals surface area (Å²) in [6.07, 6.45) is 1.56. The maximum atomic E-state index is 12.2. The highest BCUT2D eigenvalue weighted by atomic mass is 127. The first-order chi connectivity index (χ1) is 14.3. The van der Waals surface area contributed by atoms with Crippen LogP contribution < -0.4 is 10.2 Å². The van der Waals surface area contributed by atoms with E-state index in [1.54, 1.807) is 30.5 Å². The van der Waals surface area contributed by atoms with Crippen LogP contribution in [0.5, 0.6) is 5.75 Å². The highest BCUT2D eigenvalue weighted by molar-refractivity contribution is 14.1. The molecule has 0 aliphatic carbocycles. The van der Waals surface area contributed by atoms with Crippen LogP contribution in [0.3, 0.4) is 0 Å². The van der Waals surface area contributed by atoms with Crippen LogP contribution in [0.2, 0.25) is 15.1 Å². The van der Waals surface area contributed by atoms with Crippen molar-refractivity contribution < 1.29 is 9.53 Å². The van der Waals surface area contributed by atoms with E-state index >= 15 is 0 Å². The van der Waals surface area contributed by atoms with Gasteiger partial charge in [0.25, 0.3) is 5.91 Å². The molecule has 0 bridgehead atoms. The van der Waals surface area contributed by atoms with Gasteiger partial charge in [-0.1, -0.05) is 46.9 Å². The van der Waals surface area contributed by atoms with Gasteiger partial charge in [-0.05, 0) is 83.1 Å². The standard InChI is InChI=1S/C22H16Cl3IN2O2/c1-13-2-6-17(19(25)8-13)22(29)28-27-11-14-3-7-21(20(26)9-14)30-12-15-4-5-16(23)10-18(15)24/h2-11H,12H2,1H3,(H,28,29)/b27-11-. The van der Waals surface area contributed by atoms with Gasteiger partial charge in [0.1, 0.15) is 12.4 Å². The average Bonchev–Trinajstić information content (AvgIpc) is 2.68. The van der Waals surface area contributed by atoms with Crippen LogP contribution in [0.15, 0.2) is 59.7 Å². The van der Waals surface area contributed by atoms with Crippen molar-refractivity contribution in [2.24, 2.45) is 5.10 Å². The SMILES string of the molecule is Cc1ccc(C(=O)N/N=C\c2ccc(OCc3ccc(Cl)cc3Cl)c(I)c2)c(Cl)c1. The molecule has 3 aromatic rings. The molecule has 30 heavy (non-hydrogen) atoms. The summed E-state index contributed by atoms with van der Waals surface area (Å²) in [6.45, 7) is 2.23. The minimum absolute atomic E-state index is 0.326. The molecule has 0 saturated heterocycles. The predicted molar refractivity (Wildman–Crippen MR) is 131 cm³/mol. The van der Waals surface area contributed by atoms with Gasteiger partial charge in [-0.25, -0.2) is 5.43 Å². The highest BCUT2D eigenvalue weighted by Gasteiger charge is 2.09. The Bertz CT molecular complexity index is 1120. The fourth-order valence-electron chi connectivity index (χ4n) is 2.54. The number of hydrazone groups is 1. The van der Waals surface area contributed by atoms with E-state index in [0.717, 1.165) is 20.3 Å². The summed E-state index contributed by atoms with van der Waals surface area (Å²) in [5.74, 6) is 0.347. The number of ether oxygens (including phenoxy) is 1. The highest BCUT2D eigenvalue weighted by Crippen LogP contribution is 2.26. The van der Waals surface area contributed by atoms with E-state index in [1.165, 1.54) is 0 Å². The summed E-state index contributed by atoms with van der Waals surface area (Å²) in [4.78, 5) is 12.2. The summed E-state index contributed by atoms with van der Waals surface area (Å²) in [5, 5.41) is 5.54. The molecule has 0 radical (unpaired) electrons. The molecule has 1 amide bonds. The normalized spacial score (nSPS) is 11.0. The maximum absolute atomic E-state index is 12.2. The van der Waals surface area contributed by atoms with Gasteiger partial charge in [-0.2, -0.15) is 5.10 Å². The molecule has 4 nitrogen and oxygen atoms in total. The Morgan fingerprint density at radius 3 is 2.57 bits per heavy atom. The number of rotatable bonds is 6. The number of halogens is 4. The number of nitrogens with zero attached hydrogens (tertiary/aromatic N) is 1. The lowest BCUT2D eigenvalue weighted by atomic mass is 10.1. The topological polar surface area (TPSA) is 50.7 Å². The van der Waals surface area contributed by atoms with Gasteiger partial charge < -0.3 is 4.74 Å². The quantitative estimate of drug-likeness (QED) is 0.198. The number of nitrogens with one attached hydrogen (secondary N) is 1. The zero-order chi connectivity index (χ0) is 21.7. The number of hydrogen-bond donors (Lipinski definition) is 1. The van der Waals surface area contributed by atoms with Gasteiger partial charge in [0.2, 0.25) is 0 Å². The molecule has 0 saturated carbocycles. The van der Waals surface area contributed by atoms with Crippen molar-refractivity contribution in [1.82, 2.24) is 5.43 Å². The Morgan fingerprint density at radius 1 is 1.07 bits per heavy atom. The zero-order valence-corrected chi connectivity index (χ0v) is 20.2. The third-order valence-electron chi connectivity index (χ3n) is 4.10. The molecule has 1 N–H and O–H groups in total. The van der Waals surface area contributed by atoms with Crippen molar-refractivity contribution in [3.05, 3.63) is 95.5 Å². The Labute approximate surface area is 203 Å². The molecule has 0 fully saturated rings. The van der Waals surface area contributed by atoms with E-state index in [1.807, 2.05) is 37.3 Å². The molecular formula is C22H16Cl3IN2O2. The number of hydrogen-bond acceptors (Lipinski definition) is 3. The molecule has 0 aliphatic rings. The van der Waals surface area contributed by atoms with Gasteiger partial charge >= 0.3 is 0 Å². The Morgan fingerprint density at radius 2 is 1.87 bits per heavy atom. The lowest BCUT2D eigenvalue weighted by Crippen LogP contribution is -2.18. The van der Waals surface area contributed by atoms with Crippen molar-refractivity contribution in [3.63, 3.8) is 0 Å². The Balaban J connectivity index is 1.61. The van der Waals surface area contributed by atoms with Crippen molar-refractivity contribution >= 4 is 69.5 Å². The number of carbonyl (C=O) groups is 1. The van der Waals surface area contributed by atoms with Crippen LogP contribution in [0.25, 0.3) is 0 Å². The van der Waals surface area contributed by atoms with Crippen LogP contribution in [0.1, 0.15) is 27.0 Å². The van der Waals surface area contributed by atoms with E-state index in [9.17, 15) is 4.79 Å². The average molecular weight is 574 g/mol. The second-order valence-corrected chi connectivity index (χ2v) is 8.81. The van der Waals surface area contributed by atoms with Gasteiger partial charge in [0.15, 0.2) is 0 Å². The first-order valence-corrected chi connectivity index (χ1v) is 11.0. The van der Waals surface area contributed by atoms with Crippen LogP contribution in [-0.2, 0) is 6.61 Å². The van der Waals surface area contributed by atoms with Crippen molar-refractivity contribution in [2.75, 3.05) is 0 Å². The van der Waals surface area contributed by atoms with Crippen LogP contribution in [0, 0.1) is 10.5 Å². The summed E-state index contributed by atoms with van der Waals surface area (Å²) < 4.78 is 6.76. The second-order valence-electron chi connectivity index (χ2n) is 6.40. The van der Waals surface area contributed by atoms with Crippen LogP contribution in [-0.4, -0.2) is 12.1 Å². The lowest BCUT2D eigenvalue weighted by Gasteiger charge is -2.10. The molecule has 3 rings (SSSR count). The fourth-order valence-corrected chi connectivity index (χ4v) is 4.02. The predicted octanol–water partition coefficient (Wildman–Crippen LogP) is 6.90. The molecule has 0 aliphatic heterocycles. The molecule has 0 unspecified atom stereocenters. The van der Waals surface area contributed by atoms with Gasteiger partial charge in [0, 0.05) is 15.6 Å².